The van der Waals surface area contributed by atoms with Crippen LogP contribution in [-0.4, -0.2) is 18.0 Å². The van der Waals surface area contributed by atoms with Crippen molar-refractivity contribution in [2.75, 3.05) is 5.32 Å². The Bertz CT molecular complexity index is 753. The van der Waals surface area contributed by atoms with Crippen LogP contribution < -0.4 is 5.32 Å². The summed E-state index contributed by atoms with van der Waals surface area (Å²) < 4.78 is 5.09. The second kappa shape index (κ2) is 8.31. The third-order valence-electron chi connectivity index (χ3n) is 3.24. The zero-order chi connectivity index (χ0) is 17.5. The van der Waals surface area contributed by atoms with Crippen molar-refractivity contribution >= 4 is 35.2 Å². The molecule has 0 heterocycles. The third-order valence-corrected chi connectivity index (χ3v) is 3.48. The number of benzene rings is 2. The number of aryl methyl sites for hydroxylation is 1. The predicted molar refractivity (Wildman–Crippen MR) is 95.8 cm³/mol. The van der Waals surface area contributed by atoms with E-state index in [-0.39, 0.29) is 5.91 Å². The number of hydrogen-bond acceptors (Lipinski definition) is 3. The Balaban J connectivity index is 1.88. The summed E-state index contributed by atoms with van der Waals surface area (Å²) in [5.41, 5.74) is 2.53. The molecule has 2 rings (SSSR count). The number of rotatable bonds is 5. The Morgan fingerprint density at radius 3 is 2.54 bits per heavy atom. The van der Waals surface area contributed by atoms with Crippen molar-refractivity contribution in [2.24, 2.45) is 0 Å². The molecule has 0 saturated carbocycles. The first-order valence-corrected chi connectivity index (χ1v) is 7.83. The van der Waals surface area contributed by atoms with Gasteiger partial charge in [0, 0.05) is 16.8 Å². The third kappa shape index (κ3) is 5.56. The highest BCUT2D eigenvalue weighted by Crippen LogP contribution is 2.12. The number of amides is 1. The average molecular weight is 344 g/mol. The zero-order valence-corrected chi connectivity index (χ0v) is 14.2. The standard InChI is InChI=1S/C19H18ClNO3/c1-13-6-9-17(10-7-13)21-19(23)14(2)24-18(22)11-8-15-4-3-5-16(20)12-15/h3-12,14H,1-2H3,(H,21,23)/b11-8+/t14-/m1/s1. The Hall–Kier alpha value is -2.59. The topological polar surface area (TPSA) is 55.4 Å². The average Bonchev–Trinajstić information content (AvgIpc) is 2.55. The quantitative estimate of drug-likeness (QED) is 0.652. The minimum Gasteiger partial charge on any atom is -0.449 e. The normalized spacial score (nSPS) is 12.0. The van der Waals surface area contributed by atoms with Crippen molar-refractivity contribution in [1.29, 1.82) is 0 Å². The van der Waals surface area contributed by atoms with E-state index in [4.69, 9.17) is 16.3 Å². The molecule has 0 aliphatic carbocycles. The van der Waals surface area contributed by atoms with Gasteiger partial charge in [-0.2, -0.15) is 0 Å². The van der Waals surface area contributed by atoms with Gasteiger partial charge in [0.25, 0.3) is 5.91 Å². The molecule has 24 heavy (non-hydrogen) atoms. The fourth-order valence-electron chi connectivity index (χ4n) is 1.92. The predicted octanol–water partition coefficient (Wildman–Crippen LogP) is 4.23. The van der Waals surface area contributed by atoms with Crippen LogP contribution in [0.15, 0.2) is 54.6 Å². The summed E-state index contributed by atoms with van der Waals surface area (Å²) in [5.74, 6) is -0.982. The summed E-state index contributed by atoms with van der Waals surface area (Å²) in [6, 6.07) is 14.4. The number of carbonyl (C=O) groups is 2. The van der Waals surface area contributed by atoms with E-state index in [2.05, 4.69) is 5.32 Å². The molecule has 5 heteroatoms. The van der Waals surface area contributed by atoms with E-state index in [0.717, 1.165) is 11.1 Å². The van der Waals surface area contributed by atoms with E-state index >= 15 is 0 Å². The van der Waals surface area contributed by atoms with Crippen LogP contribution in [0.2, 0.25) is 5.02 Å². The summed E-state index contributed by atoms with van der Waals surface area (Å²) >= 11 is 5.87. The summed E-state index contributed by atoms with van der Waals surface area (Å²) in [5, 5.41) is 3.28. The lowest BCUT2D eigenvalue weighted by molar-refractivity contribution is -0.148. The van der Waals surface area contributed by atoms with Crippen LogP contribution >= 0.6 is 11.6 Å². The molecule has 0 aromatic heterocycles. The fourth-order valence-corrected chi connectivity index (χ4v) is 2.12. The highest BCUT2D eigenvalue weighted by atomic mass is 35.5. The van der Waals surface area contributed by atoms with Crippen molar-refractivity contribution in [3.8, 4) is 0 Å². The largest absolute Gasteiger partial charge is 0.449 e. The van der Waals surface area contributed by atoms with Crippen molar-refractivity contribution in [3.63, 3.8) is 0 Å². The summed E-state index contributed by atoms with van der Waals surface area (Å²) in [4.78, 5) is 23.8. The molecule has 0 bridgehead atoms. The minimum absolute atomic E-state index is 0.386. The Morgan fingerprint density at radius 2 is 1.88 bits per heavy atom. The van der Waals surface area contributed by atoms with E-state index in [9.17, 15) is 9.59 Å². The van der Waals surface area contributed by atoms with Gasteiger partial charge in [-0.3, -0.25) is 4.79 Å². The van der Waals surface area contributed by atoms with E-state index in [1.54, 1.807) is 36.4 Å². The molecule has 2 aromatic carbocycles. The van der Waals surface area contributed by atoms with Crippen LogP contribution in [0.4, 0.5) is 5.69 Å². The van der Waals surface area contributed by atoms with Gasteiger partial charge >= 0.3 is 5.97 Å². The smallest absolute Gasteiger partial charge is 0.331 e. The molecule has 1 atom stereocenters. The zero-order valence-electron chi connectivity index (χ0n) is 13.5. The molecule has 0 aliphatic rings. The summed E-state index contributed by atoms with van der Waals surface area (Å²) in [6.07, 6.45) is 1.95. The van der Waals surface area contributed by atoms with Gasteiger partial charge in [0.15, 0.2) is 6.10 Å². The van der Waals surface area contributed by atoms with Crippen LogP contribution in [-0.2, 0) is 14.3 Å². The molecule has 124 valence electrons. The SMILES string of the molecule is Cc1ccc(NC(=O)[C@@H](C)OC(=O)/C=C/c2cccc(Cl)c2)cc1. The molecule has 0 saturated heterocycles. The maximum atomic E-state index is 12.0. The number of carbonyl (C=O) groups excluding carboxylic acids is 2. The molecular formula is C19H18ClNO3. The van der Waals surface area contributed by atoms with Gasteiger partial charge in [0.05, 0.1) is 0 Å². The molecule has 0 unspecified atom stereocenters. The molecule has 0 spiro atoms. The molecule has 1 amide bonds. The van der Waals surface area contributed by atoms with E-state index in [1.165, 1.54) is 13.0 Å². The van der Waals surface area contributed by atoms with Crippen molar-refractivity contribution in [3.05, 3.63) is 70.8 Å². The van der Waals surface area contributed by atoms with Gasteiger partial charge in [0.2, 0.25) is 0 Å². The number of esters is 1. The van der Waals surface area contributed by atoms with Gasteiger partial charge in [0.1, 0.15) is 0 Å². The van der Waals surface area contributed by atoms with Crippen LogP contribution in [0.5, 0.6) is 0 Å². The summed E-state index contributed by atoms with van der Waals surface area (Å²) in [6.45, 7) is 3.48. The number of nitrogens with one attached hydrogen (secondary N) is 1. The number of anilines is 1. The van der Waals surface area contributed by atoms with E-state index in [1.807, 2.05) is 25.1 Å². The highest BCUT2D eigenvalue weighted by Gasteiger charge is 2.16. The molecular weight excluding hydrogens is 326 g/mol. The maximum absolute atomic E-state index is 12.0. The number of halogens is 1. The number of hydrogen-bond donors (Lipinski definition) is 1. The van der Waals surface area contributed by atoms with Gasteiger partial charge in [-0.15, -0.1) is 0 Å². The van der Waals surface area contributed by atoms with Crippen LogP contribution in [0.1, 0.15) is 18.1 Å². The van der Waals surface area contributed by atoms with Gasteiger partial charge in [-0.25, -0.2) is 4.79 Å². The first-order valence-electron chi connectivity index (χ1n) is 7.46. The van der Waals surface area contributed by atoms with Crippen molar-refractivity contribution in [2.45, 2.75) is 20.0 Å². The van der Waals surface area contributed by atoms with E-state index < -0.39 is 12.1 Å². The van der Waals surface area contributed by atoms with Crippen LogP contribution in [0.25, 0.3) is 6.08 Å². The first kappa shape index (κ1) is 17.8. The maximum Gasteiger partial charge on any atom is 0.331 e. The van der Waals surface area contributed by atoms with Gasteiger partial charge in [-0.1, -0.05) is 41.4 Å². The van der Waals surface area contributed by atoms with Gasteiger partial charge < -0.3 is 10.1 Å². The lowest BCUT2D eigenvalue weighted by Crippen LogP contribution is -2.29. The molecule has 2 aromatic rings. The Kier molecular flexibility index (Phi) is 6.15. The summed E-state index contributed by atoms with van der Waals surface area (Å²) in [7, 11) is 0. The van der Waals surface area contributed by atoms with E-state index in [0.29, 0.717) is 10.7 Å². The van der Waals surface area contributed by atoms with Crippen LogP contribution in [0.3, 0.4) is 0 Å². The molecule has 0 aliphatic heterocycles. The second-order valence-electron chi connectivity index (χ2n) is 5.32. The molecule has 0 radical (unpaired) electrons. The lowest BCUT2D eigenvalue weighted by Gasteiger charge is -2.12. The van der Waals surface area contributed by atoms with Crippen molar-refractivity contribution in [1.82, 2.24) is 0 Å². The first-order chi connectivity index (χ1) is 11.4. The van der Waals surface area contributed by atoms with Crippen molar-refractivity contribution < 1.29 is 14.3 Å². The molecule has 4 nitrogen and oxygen atoms in total. The lowest BCUT2D eigenvalue weighted by atomic mass is 10.2. The monoisotopic (exact) mass is 343 g/mol. The van der Waals surface area contributed by atoms with Gasteiger partial charge in [-0.05, 0) is 49.8 Å². The molecule has 0 fully saturated rings. The van der Waals surface area contributed by atoms with Crippen LogP contribution in [0, 0.1) is 6.92 Å². The highest BCUT2D eigenvalue weighted by molar-refractivity contribution is 6.30. The fraction of sp³-hybridized carbons (Fsp3) is 0.158. The second-order valence-corrected chi connectivity index (χ2v) is 5.76. The Labute approximate surface area is 146 Å². The molecule has 1 N–H and O–H groups in total. The minimum atomic E-state index is -0.900. The Morgan fingerprint density at radius 1 is 1.17 bits per heavy atom. The number of ether oxygens (including phenoxy) is 1.